The van der Waals surface area contributed by atoms with Gasteiger partial charge in [-0.15, -0.1) is 0 Å². The lowest BCUT2D eigenvalue weighted by atomic mass is 10.3. The zero-order valence-electron chi connectivity index (χ0n) is 6.54. The van der Waals surface area contributed by atoms with Crippen LogP contribution in [0.5, 0.6) is 0 Å². The largest absolute Gasteiger partial charge is 0.239 e. The SMILES string of the molecule is Fc1ccc(-n2cc[c]n2)c(Cl)c1. The van der Waals surface area contributed by atoms with Crippen molar-refractivity contribution in [3.63, 3.8) is 0 Å². The summed E-state index contributed by atoms with van der Waals surface area (Å²) < 4.78 is 14.2. The average molecular weight is 196 g/mol. The minimum atomic E-state index is -0.357. The molecule has 2 nitrogen and oxygen atoms in total. The molecule has 0 unspecified atom stereocenters. The summed E-state index contributed by atoms with van der Waals surface area (Å²) in [5.41, 5.74) is 0.643. The van der Waals surface area contributed by atoms with E-state index in [-0.39, 0.29) is 5.82 Å². The van der Waals surface area contributed by atoms with E-state index < -0.39 is 0 Å². The lowest BCUT2D eigenvalue weighted by Crippen LogP contribution is -1.95. The van der Waals surface area contributed by atoms with Crippen LogP contribution >= 0.6 is 11.6 Å². The van der Waals surface area contributed by atoms with Crippen molar-refractivity contribution < 1.29 is 4.39 Å². The van der Waals surface area contributed by atoms with Crippen LogP contribution in [0.1, 0.15) is 0 Å². The van der Waals surface area contributed by atoms with Crippen LogP contribution in [0.15, 0.2) is 30.5 Å². The van der Waals surface area contributed by atoms with Gasteiger partial charge >= 0.3 is 0 Å². The quantitative estimate of drug-likeness (QED) is 0.684. The molecule has 0 aliphatic rings. The Morgan fingerprint density at radius 1 is 1.46 bits per heavy atom. The Morgan fingerprint density at radius 3 is 2.92 bits per heavy atom. The predicted molar refractivity (Wildman–Crippen MR) is 47.4 cm³/mol. The Morgan fingerprint density at radius 2 is 2.31 bits per heavy atom. The van der Waals surface area contributed by atoms with Gasteiger partial charge in [0.1, 0.15) is 12.0 Å². The van der Waals surface area contributed by atoms with Gasteiger partial charge in [-0.3, -0.25) is 0 Å². The van der Waals surface area contributed by atoms with Gasteiger partial charge in [-0.2, -0.15) is 5.10 Å². The van der Waals surface area contributed by atoms with Gasteiger partial charge in [0.05, 0.1) is 10.7 Å². The number of hydrogen-bond acceptors (Lipinski definition) is 1. The second-order valence-electron chi connectivity index (χ2n) is 2.49. The van der Waals surface area contributed by atoms with Crippen molar-refractivity contribution in [3.05, 3.63) is 47.5 Å². The summed E-state index contributed by atoms with van der Waals surface area (Å²) in [6, 6.07) is 5.81. The molecule has 1 aromatic carbocycles. The number of aromatic nitrogens is 2. The molecule has 0 bridgehead atoms. The second-order valence-corrected chi connectivity index (χ2v) is 2.89. The molecule has 0 amide bonds. The fourth-order valence-electron chi connectivity index (χ4n) is 1.03. The maximum Gasteiger partial charge on any atom is 0.124 e. The van der Waals surface area contributed by atoms with Crippen molar-refractivity contribution in [2.75, 3.05) is 0 Å². The van der Waals surface area contributed by atoms with E-state index in [0.717, 1.165) is 0 Å². The van der Waals surface area contributed by atoms with E-state index >= 15 is 0 Å². The van der Waals surface area contributed by atoms with E-state index in [0.29, 0.717) is 10.7 Å². The minimum Gasteiger partial charge on any atom is -0.239 e. The van der Waals surface area contributed by atoms with Gasteiger partial charge in [-0.25, -0.2) is 9.07 Å². The summed E-state index contributed by atoms with van der Waals surface area (Å²) in [7, 11) is 0. The molecule has 0 saturated carbocycles. The molecule has 0 aliphatic heterocycles. The highest BCUT2D eigenvalue weighted by Crippen LogP contribution is 2.20. The third kappa shape index (κ3) is 1.55. The first-order chi connectivity index (χ1) is 6.27. The molecule has 4 heteroatoms. The van der Waals surface area contributed by atoms with E-state index in [4.69, 9.17) is 11.6 Å². The first-order valence-electron chi connectivity index (χ1n) is 3.64. The van der Waals surface area contributed by atoms with Crippen LogP contribution in [-0.2, 0) is 0 Å². The monoisotopic (exact) mass is 195 g/mol. The number of hydrogen-bond donors (Lipinski definition) is 0. The van der Waals surface area contributed by atoms with Crippen molar-refractivity contribution in [2.45, 2.75) is 0 Å². The normalized spacial score (nSPS) is 10.3. The highest BCUT2D eigenvalue weighted by atomic mass is 35.5. The van der Waals surface area contributed by atoms with Crippen molar-refractivity contribution in [2.24, 2.45) is 0 Å². The minimum absolute atomic E-state index is 0.331. The molecule has 1 aromatic heterocycles. The highest BCUT2D eigenvalue weighted by molar-refractivity contribution is 6.32. The van der Waals surface area contributed by atoms with E-state index in [1.54, 1.807) is 18.3 Å². The fourth-order valence-corrected chi connectivity index (χ4v) is 1.29. The van der Waals surface area contributed by atoms with Gasteiger partial charge in [0.15, 0.2) is 0 Å². The number of benzene rings is 1. The van der Waals surface area contributed by atoms with Crippen LogP contribution in [0, 0.1) is 12.0 Å². The topological polar surface area (TPSA) is 17.8 Å². The van der Waals surface area contributed by atoms with E-state index in [2.05, 4.69) is 11.3 Å². The Bertz CT molecular complexity index is 412. The summed E-state index contributed by atoms with van der Waals surface area (Å²) >= 11 is 5.81. The summed E-state index contributed by atoms with van der Waals surface area (Å²) in [5, 5.41) is 4.19. The Kier molecular flexibility index (Phi) is 2.02. The molecule has 0 spiro atoms. The molecule has 0 saturated heterocycles. The predicted octanol–water partition coefficient (Wildman–Crippen LogP) is 2.46. The smallest absolute Gasteiger partial charge is 0.124 e. The number of nitrogens with zero attached hydrogens (tertiary/aromatic N) is 2. The molecule has 13 heavy (non-hydrogen) atoms. The molecule has 0 atom stereocenters. The first-order valence-corrected chi connectivity index (χ1v) is 4.02. The molecule has 0 N–H and O–H groups in total. The molecule has 1 radical (unpaired) electrons. The van der Waals surface area contributed by atoms with Crippen LogP contribution in [0.4, 0.5) is 4.39 Å². The van der Waals surface area contributed by atoms with Crippen LogP contribution in [0.2, 0.25) is 5.02 Å². The van der Waals surface area contributed by atoms with Crippen LogP contribution in [-0.4, -0.2) is 9.78 Å². The molecule has 2 aromatic rings. The molecule has 65 valence electrons. The molecular formula is C9H5ClFN2. The van der Waals surface area contributed by atoms with Gasteiger partial charge < -0.3 is 0 Å². The summed E-state index contributed by atoms with van der Waals surface area (Å²) in [5.74, 6) is -0.357. The van der Waals surface area contributed by atoms with Crippen LogP contribution in [0.3, 0.4) is 0 Å². The van der Waals surface area contributed by atoms with Gasteiger partial charge in [0.2, 0.25) is 0 Å². The molecular weight excluding hydrogens is 191 g/mol. The Hall–Kier alpha value is -1.35. The molecule has 0 fully saturated rings. The number of rotatable bonds is 1. The van der Waals surface area contributed by atoms with Crippen molar-refractivity contribution in [3.8, 4) is 5.69 Å². The Balaban J connectivity index is 2.53. The zero-order valence-corrected chi connectivity index (χ0v) is 7.29. The number of halogens is 2. The standard InChI is InChI=1S/C9H5ClFN2/c10-8-6-7(11)2-3-9(8)13-5-1-4-12-13/h1-3,5-6H. The van der Waals surface area contributed by atoms with E-state index in [9.17, 15) is 4.39 Å². The molecule has 2 rings (SSSR count). The van der Waals surface area contributed by atoms with Gasteiger partial charge in [-0.05, 0) is 24.3 Å². The van der Waals surface area contributed by atoms with Gasteiger partial charge in [-0.1, -0.05) is 11.6 Å². The third-order valence-corrected chi connectivity index (χ3v) is 1.92. The Labute approximate surface area is 79.6 Å². The highest BCUT2D eigenvalue weighted by Gasteiger charge is 2.03. The fraction of sp³-hybridized carbons (Fsp3) is 0. The first kappa shape index (κ1) is 8.26. The zero-order chi connectivity index (χ0) is 9.26. The van der Waals surface area contributed by atoms with Gasteiger partial charge in [0, 0.05) is 6.20 Å². The van der Waals surface area contributed by atoms with Crippen LogP contribution in [0.25, 0.3) is 5.69 Å². The molecule has 1 heterocycles. The lowest BCUT2D eigenvalue weighted by Gasteiger charge is -2.02. The second kappa shape index (κ2) is 3.18. The van der Waals surface area contributed by atoms with E-state index in [1.807, 2.05) is 0 Å². The molecule has 0 aliphatic carbocycles. The van der Waals surface area contributed by atoms with Crippen molar-refractivity contribution >= 4 is 11.6 Å². The lowest BCUT2D eigenvalue weighted by molar-refractivity contribution is 0.627. The average Bonchev–Trinajstić information content (AvgIpc) is 2.56. The van der Waals surface area contributed by atoms with E-state index in [1.165, 1.54) is 16.8 Å². The summed E-state index contributed by atoms with van der Waals surface area (Å²) in [6.07, 6.45) is 4.32. The summed E-state index contributed by atoms with van der Waals surface area (Å²) in [4.78, 5) is 0. The third-order valence-electron chi connectivity index (χ3n) is 1.61. The van der Waals surface area contributed by atoms with Crippen molar-refractivity contribution in [1.82, 2.24) is 9.78 Å². The summed E-state index contributed by atoms with van der Waals surface area (Å²) in [6.45, 7) is 0. The van der Waals surface area contributed by atoms with Crippen LogP contribution < -0.4 is 0 Å². The van der Waals surface area contributed by atoms with Crippen molar-refractivity contribution in [1.29, 1.82) is 0 Å². The van der Waals surface area contributed by atoms with Gasteiger partial charge in [0.25, 0.3) is 0 Å². The maximum absolute atomic E-state index is 12.7. The maximum atomic E-state index is 12.7.